The van der Waals surface area contributed by atoms with Crippen LogP contribution < -0.4 is 0 Å². The van der Waals surface area contributed by atoms with Crippen molar-refractivity contribution in [3.63, 3.8) is 0 Å². The molecule has 0 aliphatic carbocycles. The summed E-state index contributed by atoms with van der Waals surface area (Å²) in [6, 6.07) is 0. The Hall–Kier alpha value is -2.78. The molecule has 27 heavy (non-hydrogen) atoms. The van der Waals surface area contributed by atoms with Gasteiger partial charge in [0, 0.05) is 0 Å². The molecule has 2 N–H and O–H groups in total. The predicted octanol–water partition coefficient (Wildman–Crippen LogP) is 0.950. The summed E-state index contributed by atoms with van der Waals surface area (Å²) in [5.74, 6) is -8.67. The van der Waals surface area contributed by atoms with Gasteiger partial charge in [0.15, 0.2) is 0 Å². The molecular formula is C17H24O10. The normalized spacial score (nSPS) is 11.4. The summed E-state index contributed by atoms with van der Waals surface area (Å²) in [4.78, 5) is 70.4. The summed E-state index contributed by atoms with van der Waals surface area (Å²) < 4.78 is 8.86. The van der Waals surface area contributed by atoms with Crippen molar-refractivity contribution >= 4 is 35.4 Å². The fraction of sp³-hybridized carbons (Fsp3) is 0.647. The number of carbonyl (C=O) groups excluding carboxylic acids is 4. The number of esters is 2. The van der Waals surface area contributed by atoms with Crippen LogP contribution in [0.5, 0.6) is 0 Å². The van der Waals surface area contributed by atoms with Gasteiger partial charge in [0.25, 0.3) is 11.6 Å². The molecule has 0 unspecified atom stereocenters. The maximum absolute atomic E-state index is 12.1. The number of hydrogen-bond acceptors (Lipinski definition) is 8. The molecule has 152 valence electrons. The summed E-state index contributed by atoms with van der Waals surface area (Å²) in [5, 5.41) is 18.4. The van der Waals surface area contributed by atoms with Crippen LogP contribution >= 0.6 is 0 Å². The van der Waals surface area contributed by atoms with Gasteiger partial charge in [-0.1, -0.05) is 27.7 Å². The Kier molecular flexibility index (Phi) is 8.78. The Labute approximate surface area is 155 Å². The highest BCUT2D eigenvalue weighted by Crippen LogP contribution is 2.29. The first-order valence-electron chi connectivity index (χ1n) is 8.40. The second kappa shape index (κ2) is 9.79. The highest BCUT2D eigenvalue weighted by Gasteiger charge is 2.48. The van der Waals surface area contributed by atoms with E-state index in [0.29, 0.717) is 0 Å². The number of ketones is 2. The average molecular weight is 388 g/mol. The summed E-state index contributed by atoms with van der Waals surface area (Å²) in [6.45, 7) is 4.55. The van der Waals surface area contributed by atoms with Crippen LogP contribution in [-0.4, -0.2) is 52.4 Å². The number of Topliss-reactive ketones (excluding diaryl/α,β-unsaturated/α-hetero) is 2. The Morgan fingerprint density at radius 2 is 0.889 bits per heavy atom. The van der Waals surface area contributed by atoms with E-state index in [1.165, 1.54) is 27.7 Å². The molecule has 10 heteroatoms. The first-order valence-corrected chi connectivity index (χ1v) is 8.40. The largest absolute Gasteiger partial charge is 0.480 e. The molecule has 0 aromatic rings. The average Bonchev–Trinajstić information content (AvgIpc) is 2.63. The number of ether oxygens (including phenoxy) is 2. The smallest absolute Gasteiger partial charge is 0.378 e. The number of aliphatic carboxylic acids is 2. The van der Waals surface area contributed by atoms with Crippen LogP contribution in [0, 0.1) is 10.8 Å². The Bertz CT molecular complexity index is 572. The number of carboxylic acids is 2. The van der Waals surface area contributed by atoms with Crippen molar-refractivity contribution in [1.29, 1.82) is 0 Å². The SMILES string of the molecule is CCC(CC)(C(=O)O)C(=O)C(=O)OCOC(=O)C(=O)C(CC)(CC)C(=O)O. The quantitative estimate of drug-likeness (QED) is 0.213. The van der Waals surface area contributed by atoms with Crippen LogP contribution in [0.25, 0.3) is 0 Å². The lowest BCUT2D eigenvalue weighted by molar-refractivity contribution is -0.180. The van der Waals surface area contributed by atoms with Crippen molar-refractivity contribution in [3.05, 3.63) is 0 Å². The minimum atomic E-state index is -1.96. The molecule has 10 nitrogen and oxygen atoms in total. The molecule has 0 spiro atoms. The van der Waals surface area contributed by atoms with Crippen molar-refractivity contribution in [2.45, 2.75) is 53.4 Å². The van der Waals surface area contributed by atoms with Crippen molar-refractivity contribution < 1.29 is 48.5 Å². The Balaban J connectivity index is 5.02. The van der Waals surface area contributed by atoms with E-state index in [0.717, 1.165) is 0 Å². The van der Waals surface area contributed by atoms with Gasteiger partial charge in [0.1, 0.15) is 10.8 Å². The highest BCUT2D eigenvalue weighted by atomic mass is 16.7. The number of hydrogen-bond donors (Lipinski definition) is 2. The highest BCUT2D eigenvalue weighted by molar-refractivity contribution is 6.40. The molecule has 0 saturated heterocycles. The minimum Gasteiger partial charge on any atom is -0.480 e. The monoisotopic (exact) mass is 388 g/mol. The molecule has 0 aromatic heterocycles. The van der Waals surface area contributed by atoms with Gasteiger partial charge in [-0.3, -0.25) is 19.2 Å². The Morgan fingerprint density at radius 1 is 0.630 bits per heavy atom. The number of rotatable bonds is 12. The molecule has 0 aliphatic rings. The molecule has 0 atom stereocenters. The minimum absolute atomic E-state index is 0.154. The van der Waals surface area contributed by atoms with E-state index < -0.39 is 53.1 Å². The van der Waals surface area contributed by atoms with E-state index in [2.05, 4.69) is 9.47 Å². The first-order chi connectivity index (χ1) is 12.5. The molecule has 0 aromatic carbocycles. The molecule has 0 radical (unpaired) electrons. The van der Waals surface area contributed by atoms with Crippen LogP contribution in [-0.2, 0) is 38.2 Å². The topological polar surface area (TPSA) is 161 Å². The fourth-order valence-corrected chi connectivity index (χ4v) is 2.60. The van der Waals surface area contributed by atoms with Crippen molar-refractivity contribution in [2.75, 3.05) is 6.79 Å². The Morgan fingerprint density at radius 3 is 1.07 bits per heavy atom. The zero-order valence-corrected chi connectivity index (χ0v) is 15.7. The van der Waals surface area contributed by atoms with Gasteiger partial charge in [0.2, 0.25) is 6.79 Å². The standard InChI is InChI=1S/C17H24O10/c1-5-16(6-2,14(22)23)10(18)12(20)26-9-27-13(21)11(19)17(7-3,8-4)15(24)25/h5-9H2,1-4H3,(H,22,23)(H,24,25). The van der Waals surface area contributed by atoms with E-state index in [4.69, 9.17) is 0 Å². The second-order valence-corrected chi connectivity index (χ2v) is 5.83. The predicted molar refractivity (Wildman–Crippen MR) is 88.4 cm³/mol. The van der Waals surface area contributed by atoms with Crippen molar-refractivity contribution in [3.8, 4) is 0 Å². The number of carbonyl (C=O) groups is 6. The van der Waals surface area contributed by atoms with Gasteiger partial charge in [0.05, 0.1) is 0 Å². The molecule has 0 saturated carbocycles. The van der Waals surface area contributed by atoms with Crippen LogP contribution in [0.4, 0.5) is 0 Å². The lowest BCUT2D eigenvalue weighted by Crippen LogP contribution is -2.44. The van der Waals surface area contributed by atoms with Crippen molar-refractivity contribution in [1.82, 2.24) is 0 Å². The maximum Gasteiger partial charge on any atom is 0.378 e. The third-order valence-electron chi connectivity index (χ3n) is 4.85. The summed E-state index contributed by atoms with van der Waals surface area (Å²) in [5.41, 5.74) is -3.92. The summed E-state index contributed by atoms with van der Waals surface area (Å²) in [7, 11) is 0. The lowest BCUT2D eigenvalue weighted by Gasteiger charge is -2.24. The molecular weight excluding hydrogens is 364 g/mol. The molecule has 0 rings (SSSR count). The number of carboxylic acid groups (broad SMARTS) is 2. The van der Waals surface area contributed by atoms with Crippen LogP contribution in [0.15, 0.2) is 0 Å². The van der Waals surface area contributed by atoms with Gasteiger partial charge in [-0.05, 0) is 25.7 Å². The van der Waals surface area contributed by atoms with E-state index >= 15 is 0 Å². The van der Waals surface area contributed by atoms with Gasteiger partial charge in [-0.2, -0.15) is 0 Å². The molecule has 0 aliphatic heterocycles. The van der Waals surface area contributed by atoms with Crippen LogP contribution in [0.3, 0.4) is 0 Å². The van der Waals surface area contributed by atoms with Gasteiger partial charge in [-0.15, -0.1) is 0 Å². The lowest BCUT2D eigenvalue weighted by atomic mass is 9.78. The van der Waals surface area contributed by atoms with Crippen LogP contribution in [0.1, 0.15) is 53.4 Å². The maximum atomic E-state index is 12.1. The van der Waals surface area contributed by atoms with Crippen LogP contribution in [0.2, 0.25) is 0 Å². The molecule has 0 bridgehead atoms. The summed E-state index contributed by atoms with van der Waals surface area (Å²) >= 11 is 0. The first kappa shape index (κ1) is 24.2. The third kappa shape index (κ3) is 4.69. The van der Waals surface area contributed by atoms with Gasteiger partial charge < -0.3 is 19.7 Å². The fourth-order valence-electron chi connectivity index (χ4n) is 2.60. The molecule has 0 amide bonds. The zero-order chi connectivity index (χ0) is 21.4. The zero-order valence-electron chi connectivity index (χ0n) is 15.7. The third-order valence-corrected chi connectivity index (χ3v) is 4.85. The van der Waals surface area contributed by atoms with Gasteiger partial charge in [-0.25, -0.2) is 9.59 Å². The van der Waals surface area contributed by atoms with Gasteiger partial charge >= 0.3 is 23.9 Å². The molecule has 0 heterocycles. The second-order valence-electron chi connectivity index (χ2n) is 5.83. The molecule has 0 fully saturated rings. The van der Waals surface area contributed by atoms with E-state index in [1.807, 2.05) is 0 Å². The van der Waals surface area contributed by atoms with E-state index in [1.54, 1.807) is 0 Å². The van der Waals surface area contributed by atoms with Crippen molar-refractivity contribution in [2.24, 2.45) is 10.8 Å². The summed E-state index contributed by atoms with van der Waals surface area (Å²) in [6.07, 6.45) is -0.614. The van der Waals surface area contributed by atoms with E-state index in [-0.39, 0.29) is 25.7 Å². The van der Waals surface area contributed by atoms with E-state index in [9.17, 15) is 39.0 Å².